The van der Waals surface area contributed by atoms with Crippen molar-refractivity contribution in [1.29, 1.82) is 0 Å². The number of nitrogens with one attached hydrogen (secondary N) is 1. The number of hydrogen-bond acceptors (Lipinski definition) is 12. The Kier molecular flexibility index (Phi) is 7.13. The molecule has 2 amide bonds. The molecule has 3 atom stereocenters. The quantitative estimate of drug-likeness (QED) is 0.0989. The van der Waals surface area contributed by atoms with Gasteiger partial charge in [0.1, 0.15) is 24.4 Å². The Hall–Kier alpha value is -3.31. The van der Waals surface area contributed by atoms with E-state index in [4.69, 9.17) is 15.7 Å². The number of nitrogens with zero attached hydrogens (tertiary/aromatic N) is 3. The molecular formula is C14H17N5O10S2. The van der Waals surface area contributed by atoms with Gasteiger partial charge in [0, 0.05) is 12.3 Å². The van der Waals surface area contributed by atoms with Crippen molar-refractivity contribution in [3.8, 4) is 0 Å². The summed E-state index contributed by atoms with van der Waals surface area (Å²) in [5, 5.41) is 15.9. The van der Waals surface area contributed by atoms with Crippen molar-refractivity contribution in [2.24, 2.45) is 5.16 Å². The highest BCUT2D eigenvalue weighted by atomic mass is 32.2. The van der Waals surface area contributed by atoms with Gasteiger partial charge in [-0.05, 0) is 6.92 Å². The molecule has 1 aromatic rings. The van der Waals surface area contributed by atoms with E-state index in [2.05, 4.69) is 20.2 Å². The van der Waals surface area contributed by atoms with E-state index in [0.29, 0.717) is 0 Å². The molecule has 5 N–H and O–H groups in total. The summed E-state index contributed by atoms with van der Waals surface area (Å²) in [5.74, 6) is -4.47. The normalized spacial score (nSPS) is 19.9. The number of carboxylic acids is 1. The van der Waals surface area contributed by atoms with Crippen LogP contribution in [-0.2, 0) is 39.1 Å². The number of carboxylic acid groups (broad SMARTS) is 1. The fourth-order valence-electron chi connectivity index (χ4n) is 2.32. The molecule has 15 nitrogen and oxygen atoms in total. The second-order valence-corrected chi connectivity index (χ2v) is 8.21. The van der Waals surface area contributed by atoms with Gasteiger partial charge < -0.3 is 25.7 Å². The maximum Gasteiger partial charge on any atom is 0.362 e. The number of thiazole rings is 1. The van der Waals surface area contributed by atoms with E-state index in [9.17, 15) is 32.1 Å². The van der Waals surface area contributed by atoms with Crippen molar-refractivity contribution in [3.05, 3.63) is 11.1 Å². The third kappa shape index (κ3) is 5.64. The van der Waals surface area contributed by atoms with Crippen molar-refractivity contribution >= 4 is 56.2 Å². The van der Waals surface area contributed by atoms with Gasteiger partial charge in [-0.3, -0.25) is 18.9 Å². The number of oxime groups is 1. The van der Waals surface area contributed by atoms with Crippen LogP contribution < -0.4 is 11.1 Å². The number of hydrogen-bond donors (Lipinski definition) is 4. The monoisotopic (exact) mass is 479 g/mol. The summed E-state index contributed by atoms with van der Waals surface area (Å²) < 4.78 is 36.7. The molecule has 1 aliphatic rings. The minimum absolute atomic E-state index is 0.0432. The van der Waals surface area contributed by atoms with Crippen LogP contribution in [0.4, 0.5) is 5.13 Å². The van der Waals surface area contributed by atoms with E-state index in [1.807, 2.05) is 0 Å². The molecule has 0 spiro atoms. The maximum absolute atomic E-state index is 12.7. The largest absolute Gasteiger partial charge is 0.478 e. The summed E-state index contributed by atoms with van der Waals surface area (Å²) in [6.07, 6.45) is -1.43. The Morgan fingerprint density at radius 2 is 2.10 bits per heavy atom. The van der Waals surface area contributed by atoms with Gasteiger partial charge in [-0.2, -0.15) is 8.42 Å². The van der Waals surface area contributed by atoms with Gasteiger partial charge in [0.2, 0.25) is 6.10 Å². The lowest BCUT2D eigenvalue weighted by atomic mass is 9.99. The molecule has 0 aliphatic carbocycles. The summed E-state index contributed by atoms with van der Waals surface area (Å²) >= 11 is 0.934. The van der Waals surface area contributed by atoms with E-state index in [0.717, 1.165) is 25.2 Å². The Bertz CT molecular complexity index is 1040. The van der Waals surface area contributed by atoms with Crippen LogP contribution in [0.1, 0.15) is 19.5 Å². The van der Waals surface area contributed by atoms with Crippen molar-refractivity contribution in [3.63, 3.8) is 0 Å². The number of aromatic nitrogens is 1. The standard InChI is InChI=1S/C14H17N5O10S2/c1-5(13(23)24)29-18-9(7-4-30-14(15)16-7)11(21)17-10-8(3-28-6(2)20)19(12(10)22)31(25,26)27/h4-5,8,10H,3H2,1-2H3,(H2,15,16)(H,17,21)(H,23,24)(H,25,26,27)/b18-9+/t5?,8-,10+/m0/s1. The van der Waals surface area contributed by atoms with E-state index in [1.165, 1.54) is 5.38 Å². The minimum atomic E-state index is -4.99. The van der Waals surface area contributed by atoms with Crippen LogP contribution >= 0.6 is 11.3 Å². The molecule has 1 fully saturated rings. The molecule has 17 heteroatoms. The van der Waals surface area contributed by atoms with Crippen LogP contribution in [0.5, 0.6) is 0 Å². The molecule has 170 valence electrons. The SMILES string of the molecule is CC(=O)OC[C@H]1[C@@H](NC(=O)/C(=N/OC(C)C(=O)O)c2csc(N)n2)C(=O)N1S(=O)(=O)O. The second-order valence-electron chi connectivity index (χ2n) is 6.03. The number of amides is 2. The highest BCUT2D eigenvalue weighted by Gasteiger charge is 2.54. The molecule has 1 aliphatic heterocycles. The van der Waals surface area contributed by atoms with E-state index < -0.39 is 64.6 Å². The molecule has 1 aromatic heterocycles. The van der Waals surface area contributed by atoms with E-state index >= 15 is 0 Å². The summed E-state index contributed by atoms with van der Waals surface area (Å²) in [7, 11) is -4.99. The first-order valence-corrected chi connectivity index (χ1v) is 10.5. The molecule has 0 saturated carbocycles. The fraction of sp³-hybridized carbons (Fsp3) is 0.429. The number of β-lactam (4-membered cyclic amide) rings is 1. The summed E-state index contributed by atoms with van der Waals surface area (Å²) in [5.41, 5.74) is 4.86. The molecule has 0 bridgehead atoms. The molecule has 2 rings (SSSR count). The van der Waals surface area contributed by atoms with Crippen LogP contribution in [0.2, 0.25) is 0 Å². The molecule has 31 heavy (non-hydrogen) atoms. The highest BCUT2D eigenvalue weighted by Crippen LogP contribution is 2.24. The first-order valence-electron chi connectivity index (χ1n) is 8.25. The third-order valence-electron chi connectivity index (χ3n) is 3.79. The van der Waals surface area contributed by atoms with Gasteiger partial charge in [0.05, 0.1) is 0 Å². The first kappa shape index (κ1) is 24.0. The number of nitrogens with two attached hydrogens (primary N) is 1. The third-order valence-corrected chi connectivity index (χ3v) is 5.41. The molecule has 0 radical (unpaired) electrons. The molecule has 1 saturated heterocycles. The first-order chi connectivity index (χ1) is 14.3. The minimum Gasteiger partial charge on any atom is -0.478 e. The number of aliphatic carboxylic acids is 1. The van der Waals surface area contributed by atoms with Gasteiger partial charge in [-0.1, -0.05) is 5.16 Å². The average Bonchev–Trinajstić information content (AvgIpc) is 3.07. The second kappa shape index (κ2) is 9.23. The number of esters is 1. The maximum atomic E-state index is 12.7. The lowest BCUT2D eigenvalue weighted by Crippen LogP contribution is -2.73. The Morgan fingerprint density at radius 1 is 1.45 bits per heavy atom. The predicted octanol–water partition coefficient (Wildman–Crippen LogP) is -2.02. The smallest absolute Gasteiger partial charge is 0.362 e. The Balaban J connectivity index is 2.28. The molecular weight excluding hydrogens is 462 g/mol. The lowest BCUT2D eigenvalue weighted by molar-refractivity contribution is -0.154. The van der Waals surface area contributed by atoms with Gasteiger partial charge in [0.25, 0.3) is 11.8 Å². The zero-order valence-electron chi connectivity index (χ0n) is 15.9. The zero-order chi connectivity index (χ0) is 23.5. The fourth-order valence-corrected chi connectivity index (χ4v) is 3.73. The van der Waals surface area contributed by atoms with Crippen molar-refractivity contribution < 1.29 is 46.8 Å². The van der Waals surface area contributed by atoms with Gasteiger partial charge in [-0.25, -0.2) is 14.1 Å². The number of carbonyl (C=O) groups is 4. The van der Waals surface area contributed by atoms with E-state index in [-0.39, 0.29) is 15.1 Å². The van der Waals surface area contributed by atoms with Gasteiger partial charge in [-0.15, -0.1) is 11.3 Å². The average molecular weight is 479 g/mol. The topological polar surface area (TPSA) is 228 Å². The van der Waals surface area contributed by atoms with Crippen LogP contribution in [0.25, 0.3) is 0 Å². The predicted molar refractivity (Wildman–Crippen MR) is 102 cm³/mol. The highest BCUT2D eigenvalue weighted by molar-refractivity contribution is 7.84. The molecule has 1 unspecified atom stereocenters. The number of ether oxygens (including phenoxy) is 1. The summed E-state index contributed by atoms with van der Waals surface area (Å²) in [6, 6.07) is -2.96. The van der Waals surface area contributed by atoms with Crippen molar-refractivity contribution in [1.82, 2.24) is 14.6 Å². The number of rotatable bonds is 9. The lowest BCUT2D eigenvalue weighted by Gasteiger charge is -2.43. The van der Waals surface area contributed by atoms with Crippen LogP contribution in [0, 0.1) is 0 Å². The number of carbonyl (C=O) groups excluding carboxylic acids is 3. The van der Waals surface area contributed by atoms with Gasteiger partial charge >= 0.3 is 22.2 Å². The van der Waals surface area contributed by atoms with Crippen LogP contribution in [0.15, 0.2) is 10.5 Å². The van der Waals surface area contributed by atoms with E-state index in [1.54, 1.807) is 0 Å². The van der Waals surface area contributed by atoms with Crippen LogP contribution in [-0.4, -0.2) is 81.6 Å². The number of nitrogen functional groups attached to an aromatic ring is 1. The molecule has 0 aromatic carbocycles. The zero-order valence-corrected chi connectivity index (χ0v) is 17.5. The van der Waals surface area contributed by atoms with Gasteiger partial charge in [0.15, 0.2) is 10.8 Å². The summed E-state index contributed by atoms with van der Waals surface area (Å²) in [6.45, 7) is 1.53. The Labute approximate surface area is 178 Å². The van der Waals surface area contributed by atoms with Crippen molar-refractivity contribution in [2.75, 3.05) is 12.3 Å². The summed E-state index contributed by atoms with van der Waals surface area (Å²) in [4.78, 5) is 55.4. The van der Waals surface area contributed by atoms with Crippen molar-refractivity contribution in [2.45, 2.75) is 32.0 Å². The number of anilines is 1. The molecule has 2 heterocycles. The Morgan fingerprint density at radius 3 is 2.58 bits per heavy atom. The van der Waals surface area contributed by atoms with Crippen LogP contribution in [0.3, 0.4) is 0 Å².